The Hall–Kier alpha value is -3.28. The van der Waals surface area contributed by atoms with E-state index in [0.29, 0.717) is 25.3 Å². The van der Waals surface area contributed by atoms with Crippen LogP contribution in [-0.4, -0.2) is 16.1 Å². The highest BCUT2D eigenvalue weighted by Gasteiger charge is 2.19. The Morgan fingerprint density at radius 3 is 2.46 bits per heavy atom. The summed E-state index contributed by atoms with van der Waals surface area (Å²) >= 11 is 0. The first-order chi connectivity index (χ1) is 13.4. The van der Waals surface area contributed by atoms with Gasteiger partial charge in [-0.2, -0.15) is 0 Å². The zero-order valence-electron chi connectivity index (χ0n) is 16.5. The number of aryl methyl sites for hydroxylation is 2. The van der Waals surface area contributed by atoms with Crippen molar-refractivity contribution in [3.05, 3.63) is 91.6 Å². The summed E-state index contributed by atoms with van der Waals surface area (Å²) < 4.78 is 1.41. The lowest BCUT2D eigenvalue weighted by atomic mass is 10.0. The van der Waals surface area contributed by atoms with Crippen molar-refractivity contribution in [2.75, 3.05) is 17.2 Å². The third-order valence-corrected chi connectivity index (χ3v) is 4.96. The molecule has 6 nitrogen and oxygen atoms in total. The number of benzene rings is 2. The van der Waals surface area contributed by atoms with Crippen molar-refractivity contribution in [1.29, 1.82) is 0 Å². The SMILES string of the molecule is CCN(Cc1cc(C)ccc1C)c1c(N)n(Cc2ccccc2)c(=O)[nH]c1=O. The molecule has 3 N–H and O–H groups in total. The Bertz CT molecular complexity index is 1080. The maximum Gasteiger partial charge on any atom is 0.330 e. The number of rotatable bonds is 6. The summed E-state index contributed by atoms with van der Waals surface area (Å²) in [5.74, 6) is 0.185. The molecule has 0 saturated carbocycles. The van der Waals surface area contributed by atoms with Gasteiger partial charge >= 0.3 is 5.69 Å². The van der Waals surface area contributed by atoms with E-state index in [1.165, 1.54) is 4.57 Å². The minimum atomic E-state index is -0.502. The summed E-state index contributed by atoms with van der Waals surface area (Å²) in [5.41, 5.74) is 10.1. The molecule has 1 heterocycles. The van der Waals surface area contributed by atoms with E-state index < -0.39 is 11.2 Å². The van der Waals surface area contributed by atoms with Gasteiger partial charge in [0.2, 0.25) is 0 Å². The molecular weight excluding hydrogens is 352 g/mol. The van der Waals surface area contributed by atoms with Crippen LogP contribution in [0.1, 0.15) is 29.2 Å². The number of hydrogen-bond donors (Lipinski definition) is 2. The van der Waals surface area contributed by atoms with E-state index in [4.69, 9.17) is 5.73 Å². The van der Waals surface area contributed by atoms with Crippen LogP contribution in [0.2, 0.25) is 0 Å². The van der Waals surface area contributed by atoms with Gasteiger partial charge in [0.25, 0.3) is 5.56 Å². The van der Waals surface area contributed by atoms with E-state index in [-0.39, 0.29) is 5.82 Å². The van der Waals surface area contributed by atoms with Crippen molar-refractivity contribution in [3.8, 4) is 0 Å². The highest BCUT2D eigenvalue weighted by Crippen LogP contribution is 2.21. The fourth-order valence-corrected chi connectivity index (χ4v) is 3.33. The number of aromatic amines is 1. The van der Waals surface area contributed by atoms with Crippen molar-refractivity contribution in [2.45, 2.75) is 33.9 Å². The van der Waals surface area contributed by atoms with Crippen molar-refractivity contribution in [1.82, 2.24) is 9.55 Å². The van der Waals surface area contributed by atoms with Crippen LogP contribution in [0, 0.1) is 13.8 Å². The van der Waals surface area contributed by atoms with Crippen LogP contribution < -0.4 is 21.9 Å². The molecule has 146 valence electrons. The first-order valence-corrected chi connectivity index (χ1v) is 9.38. The van der Waals surface area contributed by atoms with Crippen LogP contribution in [0.3, 0.4) is 0 Å². The van der Waals surface area contributed by atoms with Crippen molar-refractivity contribution in [2.24, 2.45) is 0 Å². The van der Waals surface area contributed by atoms with E-state index in [9.17, 15) is 9.59 Å². The standard InChI is InChI=1S/C22H26N4O2/c1-4-25(14-18-12-15(2)10-11-16(18)3)19-20(23)26(22(28)24-21(19)27)13-17-8-6-5-7-9-17/h5-12H,4,13-14,23H2,1-3H3,(H,24,27,28). The summed E-state index contributed by atoms with van der Waals surface area (Å²) in [6.07, 6.45) is 0. The normalized spacial score (nSPS) is 10.8. The predicted octanol–water partition coefficient (Wildman–Crippen LogP) is 2.81. The molecule has 0 spiro atoms. The molecule has 0 aliphatic heterocycles. The summed E-state index contributed by atoms with van der Waals surface area (Å²) in [5, 5.41) is 0. The van der Waals surface area contributed by atoms with Crippen LogP contribution in [0.15, 0.2) is 58.1 Å². The molecule has 0 radical (unpaired) electrons. The molecule has 0 bridgehead atoms. The van der Waals surface area contributed by atoms with Gasteiger partial charge in [0.05, 0.1) is 6.54 Å². The summed E-state index contributed by atoms with van der Waals surface area (Å²) in [6.45, 7) is 7.49. The third-order valence-electron chi connectivity index (χ3n) is 4.96. The maximum atomic E-state index is 12.6. The molecule has 3 aromatic rings. The number of nitrogens with one attached hydrogen (secondary N) is 1. The van der Waals surface area contributed by atoms with E-state index in [1.807, 2.05) is 56.0 Å². The lowest BCUT2D eigenvalue weighted by Gasteiger charge is -2.26. The Labute approximate surface area is 164 Å². The highest BCUT2D eigenvalue weighted by atomic mass is 16.2. The average molecular weight is 378 g/mol. The summed E-state index contributed by atoms with van der Waals surface area (Å²) in [4.78, 5) is 29.4. The molecule has 0 saturated heterocycles. The van der Waals surface area contributed by atoms with Crippen LogP contribution in [0.25, 0.3) is 0 Å². The maximum absolute atomic E-state index is 12.6. The fourth-order valence-electron chi connectivity index (χ4n) is 3.33. The van der Waals surface area contributed by atoms with Gasteiger partial charge in [0.15, 0.2) is 0 Å². The Morgan fingerprint density at radius 1 is 1.07 bits per heavy atom. The molecule has 0 aliphatic rings. The molecule has 0 fully saturated rings. The molecule has 0 atom stereocenters. The lowest BCUT2D eigenvalue weighted by molar-refractivity contribution is 0.717. The zero-order chi connectivity index (χ0) is 20.3. The van der Waals surface area contributed by atoms with Gasteiger partial charge in [-0.25, -0.2) is 4.79 Å². The van der Waals surface area contributed by atoms with Gasteiger partial charge in [0, 0.05) is 13.1 Å². The fraction of sp³-hybridized carbons (Fsp3) is 0.273. The summed E-state index contributed by atoms with van der Waals surface area (Å²) in [7, 11) is 0. The number of anilines is 2. The van der Waals surface area contributed by atoms with Crippen molar-refractivity contribution < 1.29 is 0 Å². The molecule has 0 amide bonds. The number of nitrogens with zero attached hydrogens (tertiary/aromatic N) is 2. The van der Waals surface area contributed by atoms with Crippen molar-refractivity contribution in [3.63, 3.8) is 0 Å². The van der Waals surface area contributed by atoms with Crippen LogP contribution in [0.4, 0.5) is 11.5 Å². The zero-order valence-corrected chi connectivity index (χ0v) is 16.5. The van der Waals surface area contributed by atoms with Gasteiger partial charge in [-0.05, 0) is 37.5 Å². The van der Waals surface area contributed by atoms with Crippen LogP contribution in [-0.2, 0) is 13.1 Å². The number of H-pyrrole nitrogens is 1. The topological polar surface area (TPSA) is 84.1 Å². The van der Waals surface area contributed by atoms with E-state index in [2.05, 4.69) is 23.2 Å². The molecule has 1 aromatic heterocycles. The number of hydrogen-bond acceptors (Lipinski definition) is 4. The van der Waals surface area contributed by atoms with E-state index in [0.717, 1.165) is 22.3 Å². The van der Waals surface area contributed by atoms with Gasteiger partial charge in [0.1, 0.15) is 11.5 Å². The second kappa shape index (κ2) is 8.17. The molecule has 3 rings (SSSR count). The monoisotopic (exact) mass is 378 g/mol. The Kier molecular flexibility index (Phi) is 5.68. The minimum absolute atomic E-state index is 0.185. The smallest absolute Gasteiger partial charge is 0.330 e. The average Bonchev–Trinajstić information content (AvgIpc) is 2.67. The second-order valence-corrected chi connectivity index (χ2v) is 7.01. The number of nitrogen functional groups attached to an aromatic ring is 1. The summed E-state index contributed by atoms with van der Waals surface area (Å²) in [6, 6.07) is 15.8. The number of nitrogens with two attached hydrogens (primary N) is 1. The quantitative estimate of drug-likeness (QED) is 0.691. The largest absolute Gasteiger partial charge is 0.383 e. The molecule has 0 unspecified atom stereocenters. The number of aromatic nitrogens is 2. The second-order valence-electron chi connectivity index (χ2n) is 7.01. The molecule has 28 heavy (non-hydrogen) atoms. The van der Waals surface area contributed by atoms with Crippen molar-refractivity contribution >= 4 is 11.5 Å². The highest BCUT2D eigenvalue weighted by molar-refractivity contribution is 5.63. The molecule has 0 aliphatic carbocycles. The van der Waals surface area contributed by atoms with E-state index >= 15 is 0 Å². The van der Waals surface area contributed by atoms with Crippen LogP contribution >= 0.6 is 0 Å². The molecule has 6 heteroatoms. The van der Waals surface area contributed by atoms with Gasteiger partial charge in [-0.15, -0.1) is 0 Å². The first kappa shape index (κ1) is 19.5. The van der Waals surface area contributed by atoms with E-state index in [1.54, 1.807) is 0 Å². The molecular formula is C22H26N4O2. The first-order valence-electron chi connectivity index (χ1n) is 9.38. The third kappa shape index (κ3) is 4.01. The molecule has 2 aromatic carbocycles. The predicted molar refractivity (Wildman–Crippen MR) is 114 cm³/mol. The van der Waals surface area contributed by atoms with Crippen LogP contribution in [0.5, 0.6) is 0 Å². The Balaban J connectivity index is 2.04. The Morgan fingerprint density at radius 2 is 1.79 bits per heavy atom. The van der Waals surface area contributed by atoms with Gasteiger partial charge < -0.3 is 10.6 Å². The van der Waals surface area contributed by atoms with Gasteiger partial charge in [-0.1, -0.05) is 54.1 Å². The van der Waals surface area contributed by atoms with Gasteiger partial charge in [-0.3, -0.25) is 14.3 Å². The lowest BCUT2D eigenvalue weighted by Crippen LogP contribution is -2.38. The minimum Gasteiger partial charge on any atom is -0.383 e.